The van der Waals surface area contributed by atoms with Crippen molar-refractivity contribution >= 4 is 31.7 Å². The molecular formula is C9H9F2NO6S2. The number of rotatable bonds is 4. The molecule has 0 amide bonds. The molecule has 1 aromatic carbocycles. The number of anilines is 1. The molecule has 0 fully saturated rings. The number of sulfonamides is 2. The second-order valence-electron chi connectivity index (χ2n) is 3.79. The molecule has 0 aliphatic rings. The van der Waals surface area contributed by atoms with Gasteiger partial charge in [-0.15, -0.1) is 0 Å². The molecule has 112 valence electrons. The number of nitrogens with zero attached hydrogens (tertiary/aromatic N) is 1. The molecule has 20 heavy (non-hydrogen) atoms. The predicted molar refractivity (Wildman–Crippen MR) is 65.5 cm³/mol. The summed E-state index contributed by atoms with van der Waals surface area (Å²) < 4.78 is 72.4. The zero-order valence-electron chi connectivity index (χ0n) is 10.2. The molecule has 0 unspecified atom stereocenters. The minimum Gasteiger partial charge on any atom is -0.478 e. The van der Waals surface area contributed by atoms with E-state index in [1.165, 1.54) is 0 Å². The lowest BCUT2D eigenvalue weighted by atomic mass is 10.1. The molecule has 0 spiro atoms. The van der Waals surface area contributed by atoms with Gasteiger partial charge in [0.1, 0.15) is 5.69 Å². The quantitative estimate of drug-likeness (QED) is 0.856. The highest BCUT2D eigenvalue weighted by molar-refractivity contribution is 8.09. The number of hydrogen-bond acceptors (Lipinski definition) is 5. The molecular weight excluding hydrogens is 320 g/mol. The van der Waals surface area contributed by atoms with Crippen LogP contribution in [0, 0.1) is 11.6 Å². The van der Waals surface area contributed by atoms with E-state index in [1.807, 2.05) is 0 Å². The Morgan fingerprint density at radius 2 is 1.55 bits per heavy atom. The first-order valence-corrected chi connectivity index (χ1v) is 8.48. The van der Waals surface area contributed by atoms with Gasteiger partial charge < -0.3 is 5.11 Å². The van der Waals surface area contributed by atoms with E-state index in [4.69, 9.17) is 5.11 Å². The molecule has 1 N–H and O–H groups in total. The molecule has 0 aliphatic carbocycles. The van der Waals surface area contributed by atoms with Crippen LogP contribution in [0.4, 0.5) is 14.5 Å². The second kappa shape index (κ2) is 4.98. The van der Waals surface area contributed by atoms with Crippen LogP contribution in [0.2, 0.25) is 0 Å². The summed E-state index contributed by atoms with van der Waals surface area (Å²) in [6.45, 7) is 0. The number of carbonyl (C=O) groups is 1. The van der Waals surface area contributed by atoms with Crippen LogP contribution >= 0.6 is 0 Å². The predicted octanol–water partition coefficient (Wildman–Crippen LogP) is 0.389. The Morgan fingerprint density at radius 3 is 1.90 bits per heavy atom. The van der Waals surface area contributed by atoms with Crippen molar-refractivity contribution in [2.45, 2.75) is 0 Å². The lowest BCUT2D eigenvalue weighted by molar-refractivity contribution is 0.0697. The van der Waals surface area contributed by atoms with Gasteiger partial charge in [-0.05, 0) is 12.1 Å². The topological polar surface area (TPSA) is 109 Å². The van der Waals surface area contributed by atoms with E-state index in [2.05, 4.69) is 0 Å². The first kappa shape index (κ1) is 16.3. The highest BCUT2D eigenvalue weighted by atomic mass is 32.3. The molecule has 0 saturated heterocycles. The molecule has 0 heterocycles. The molecule has 0 aliphatic heterocycles. The van der Waals surface area contributed by atoms with E-state index < -0.39 is 52.6 Å². The van der Waals surface area contributed by atoms with Gasteiger partial charge in [0.05, 0.1) is 18.1 Å². The summed E-state index contributed by atoms with van der Waals surface area (Å²) in [4.78, 5) is 10.9. The number of aromatic carboxylic acids is 1. The Labute approximate surface area is 113 Å². The van der Waals surface area contributed by atoms with Gasteiger partial charge in [0.2, 0.25) is 20.0 Å². The Kier molecular flexibility index (Phi) is 4.06. The Morgan fingerprint density at radius 1 is 1.10 bits per heavy atom. The van der Waals surface area contributed by atoms with E-state index in [0.29, 0.717) is 24.6 Å². The fraction of sp³-hybridized carbons (Fsp3) is 0.222. The lowest BCUT2D eigenvalue weighted by Crippen LogP contribution is -2.37. The van der Waals surface area contributed by atoms with Crippen molar-refractivity contribution in [1.29, 1.82) is 0 Å². The van der Waals surface area contributed by atoms with Crippen LogP contribution in [-0.4, -0.2) is 40.4 Å². The first-order chi connectivity index (χ1) is 8.87. The van der Waals surface area contributed by atoms with Gasteiger partial charge in [-0.25, -0.2) is 30.4 Å². The highest BCUT2D eigenvalue weighted by Gasteiger charge is 2.35. The summed E-state index contributed by atoms with van der Waals surface area (Å²) >= 11 is 0. The molecule has 11 heteroatoms. The van der Waals surface area contributed by atoms with E-state index in [1.54, 1.807) is 0 Å². The standard InChI is InChI=1S/C9H9F2NO6S2/c1-19(15,16)12(20(2,17)18)8-5(9(13)14)3-4-6(10)7(8)11/h3-4H,1-2H3,(H,13,14). The average molecular weight is 329 g/mol. The molecule has 0 bridgehead atoms. The van der Waals surface area contributed by atoms with Crippen molar-refractivity contribution in [3.05, 3.63) is 29.3 Å². The Balaban J connectivity index is 3.92. The SMILES string of the molecule is CS(=O)(=O)N(c1c(C(=O)O)ccc(F)c1F)S(C)(=O)=O. The van der Waals surface area contributed by atoms with Crippen molar-refractivity contribution in [3.8, 4) is 0 Å². The minimum absolute atomic E-state index is 0.421. The van der Waals surface area contributed by atoms with Crippen molar-refractivity contribution in [2.75, 3.05) is 16.2 Å². The third-order valence-electron chi connectivity index (χ3n) is 2.08. The smallest absolute Gasteiger partial charge is 0.337 e. The highest BCUT2D eigenvalue weighted by Crippen LogP contribution is 2.30. The van der Waals surface area contributed by atoms with Gasteiger partial charge in [0.15, 0.2) is 11.6 Å². The number of carboxylic acid groups (broad SMARTS) is 1. The monoisotopic (exact) mass is 329 g/mol. The van der Waals surface area contributed by atoms with Crippen molar-refractivity contribution in [3.63, 3.8) is 0 Å². The Hall–Kier alpha value is -1.75. The van der Waals surface area contributed by atoms with Crippen molar-refractivity contribution in [1.82, 2.24) is 0 Å². The van der Waals surface area contributed by atoms with Crippen LogP contribution in [0.3, 0.4) is 0 Å². The second-order valence-corrected chi connectivity index (χ2v) is 7.68. The van der Waals surface area contributed by atoms with Crippen LogP contribution in [-0.2, 0) is 20.0 Å². The van der Waals surface area contributed by atoms with Crippen LogP contribution in [0.5, 0.6) is 0 Å². The van der Waals surface area contributed by atoms with Gasteiger partial charge in [0, 0.05) is 0 Å². The number of benzene rings is 1. The first-order valence-electron chi connectivity index (χ1n) is 4.79. The normalized spacial score (nSPS) is 12.2. The number of hydrogen-bond donors (Lipinski definition) is 1. The minimum atomic E-state index is -4.60. The van der Waals surface area contributed by atoms with Crippen LogP contribution in [0.15, 0.2) is 12.1 Å². The molecule has 7 nitrogen and oxygen atoms in total. The molecule has 0 atom stereocenters. The van der Waals surface area contributed by atoms with Gasteiger partial charge in [-0.1, -0.05) is 0 Å². The maximum absolute atomic E-state index is 13.7. The third kappa shape index (κ3) is 3.04. The summed E-state index contributed by atoms with van der Waals surface area (Å²) in [6.07, 6.45) is 0.841. The van der Waals surface area contributed by atoms with E-state index in [9.17, 15) is 30.4 Å². The summed E-state index contributed by atoms with van der Waals surface area (Å²) in [7, 11) is -9.19. The molecule has 0 aromatic heterocycles. The van der Waals surface area contributed by atoms with Gasteiger partial charge >= 0.3 is 5.97 Å². The summed E-state index contributed by atoms with van der Waals surface area (Å²) in [5.41, 5.74) is -2.39. The van der Waals surface area contributed by atoms with Gasteiger partial charge in [-0.2, -0.15) is 3.71 Å². The molecule has 1 aromatic rings. The molecule has 0 saturated carbocycles. The largest absolute Gasteiger partial charge is 0.478 e. The Bertz CT molecular complexity index is 740. The average Bonchev–Trinajstić information content (AvgIpc) is 2.20. The summed E-state index contributed by atoms with van der Waals surface area (Å²) in [6, 6.07) is 1.02. The van der Waals surface area contributed by atoms with Crippen molar-refractivity contribution < 1.29 is 35.5 Å². The molecule has 0 radical (unpaired) electrons. The number of halogens is 2. The van der Waals surface area contributed by atoms with Gasteiger partial charge in [-0.3, -0.25) is 0 Å². The maximum Gasteiger partial charge on any atom is 0.337 e. The van der Waals surface area contributed by atoms with E-state index in [-0.39, 0.29) is 0 Å². The van der Waals surface area contributed by atoms with E-state index >= 15 is 0 Å². The summed E-state index contributed by atoms with van der Waals surface area (Å²) in [5, 5.41) is 8.86. The summed E-state index contributed by atoms with van der Waals surface area (Å²) in [5.74, 6) is -5.28. The molecule has 1 rings (SSSR count). The maximum atomic E-state index is 13.7. The van der Waals surface area contributed by atoms with Crippen LogP contribution < -0.4 is 3.71 Å². The van der Waals surface area contributed by atoms with Crippen molar-refractivity contribution in [2.24, 2.45) is 0 Å². The zero-order chi connectivity index (χ0) is 15.9. The third-order valence-corrected chi connectivity index (χ3v) is 5.28. The van der Waals surface area contributed by atoms with Crippen LogP contribution in [0.1, 0.15) is 10.4 Å². The zero-order valence-corrected chi connectivity index (χ0v) is 11.8. The van der Waals surface area contributed by atoms with E-state index in [0.717, 1.165) is 0 Å². The fourth-order valence-electron chi connectivity index (χ4n) is 1.47. The fourth-order valence-corrected chi connectivity index (χ4v) is 4.46. The van der Waals surface area contributed by atoms with Gasteiger partial charge in [0.25, 0.3) is 0 Å². The number of carboxylic acids is 1. The van der Waals surface area contributed by atoms with Crippen LogP contribution in [0.25, 0.3) is 0 Å². The lowest BCUT2D eigenvalue weighted by Gasteiger charge is -2.21.